The van der Waals surface area contributed by atoms with Gasteiger partial charge in [0.05, 0.1) is 12.1 Å². The molecule has 80 valence electrons. The molecular formula is C11H19NO2. The Morgan fingerprint density at radius 3 is 2.86 bits per heavy atom. The van der Waals surface area contributed by atoms with Crippen LogP contribution in [0.1, 0.15) is 32.6 Å². The molecule has 2 aliphatic rings. The van der Waals surface area contributed by atoms with Crippen molar-refractivity contribution in [3.8, 4) is 0 Å². The molecule has 14 heavy (non-hydrogen) atoms. The van der Waals surface area contributed by atoms with Crippen LogP contribution in [-0.2, 0) is 9.53 Å². The molecule has 0 radical (unpaired) electrons. The number of rotatable bonds is 3. The molecule has 1 aliphatic heterocycles. The van der Waals surface area contributed by atoms with Gasteiger partial charge in [0.1, 0.15) is 5.78 Å². The fourth-order valence-electron chi connectivity index (χ4n) is 2.42. The van der Waals surface area contributed by atoms with E-state index in [1.165, 1.54) is 6.42 Å². The quantitative estimate of drug-likeness (QED) is 0.681. The van der Waals surface area contributed by atoms with Gasteiger partial charge in [-0.05, 0) is 19.8 Å². The van der Waals surface area contributed by atoms with Crippen LogP contribution in [-0.4, -0.2) is 42.5 Å². The molecule has 1 atom stereocenters. The highest BCUT2D eigenvalue weighted by Gasteiger charge is 2.36. The molecule has 0 amide bonds. The molecule has 0 bridgehead atoms. The summed E-state index contributed by atoms with van der Waals surface area (Å²) in [4.78, 5) is 13.9. The molecule has 3 nitrogen and oxygen atoms in total. The van der Waals surface area contributed by atoms with Gasteiger partial charge in [-0.25, -0.2) is 0 Å². The van der Waals surface area contributed by atoms with Gasteiger partial charge in [0.2, 0.25) is 0 Å². The lowest BCUT2D eigenvalue weighted by Crippen LogP contribution is -2.59. The van der Waals surface area contributed by atoms with Crippen molar-refractivity contribution in [2.24, 2.45) is 0 Å². The normalized spacial score (nSPS) is 30.4. The van der Waals surface area contributed by atoms with Crippen LogP contribution in [0.2, 0.25) is 0 Å². The van der Waals surface area contributed by atoms with Crippen LogP contribution in [0.4, 0.5) is 0 Å². The van der Waals surface area contributed by atoms with E-state index in [0.29, 0.717) is 11.9 Å². The molecule has 1 unspecified atom stereocenters. The van der Waals surface area contributed by atoms with Crippen LogP contribution < -0.4 is 0 Å². The first-order valence-electron chi connectivity index (χ1n) is 5.69. The second kappa shape index (κ2) is 4.41. The molecule has 0 spiro atoms. The maximum absolute atomic E-state index is 11.6. The lowest BCUT2D eigenvalue weighted by atomic mass is 9.90. The molecule has 0 N–H and O–H groups in total. The highest BCUT2D eigenvalue weighted by Crippen LogP contribution is 2.24. The Kier molecular flexibility index (Phi) is 3.19. The number of ketones is 1. The predicted molar refractivity (Wildman–Crippen MR) is 54.3 cm³/mol. The molecule has 0 aromatic carbocycles. The Balaban J connectivity index is 1.77. The van der Waals surface area contributed by atoms with E-state index in [9.17, 15) is 4.79 Å². The van der Waals surface area contributed by atoms with Crippen molar-refractivity contribution in [2.45, 2.75) is 44.8 Å². The maximum atomic E-state index is 11.6. The summed E-state index contributed by atoms with van der Waals surface area (Å²) in [7, 11) is 0. The number of Topliss-reactive ketones (excluding diaryl/α,β-unsaturated/α-hetero) is 1. The van der Waals surface area contributed by atoms with Gasteiger partial charge in [-0.2, -0.15) is 0 Å². The fourth-order valence-corrected chi connectivity index (χ4v) is 2.42. The predicted octanol–water partition coefficient (Wildman–Crippen LogP) is 1.22. The summed E-state index contributed by atoms with van der Waals surface area (Å²) in [5.41, 5.74) is 0. The second-order valence-electron chi connectivity index (χ2n) is 4.26. The molecule has 3 heteroatoms. The van der Waals surface area contributed by atoms with E-state index in [-0.39, 0.29) is 6.04 Å². The van der Waals surface area contributed by atoms with Crippen molar-refractivity contribution in [2.75, 3.05) is 19.7 Å². The molecule has 1 aliphatic carbocycles. The zero-order chi connectivity index (χ0) is 9.97. The Morgan fingerprint density at radius 2 is 2.21 bits per heavy atom. The minimum absolute atomic E-state index is 0.223. The highest BCUT2D eigenvalue weighted by molar-refractivity contribution is 5.84. The van der Waals surface area contributed by atoms with Crippen molar-refractivity contribution in [3.05, 3.63) is 0 Å². The monoisotopic (exact) mass is 197 g/mol. The van der Waals surface area contributed by atoms with Gasteiger partial charge in [0, 0.05) is 26.1 Å². The van der Waals surface area contributed by atoms with Crippen LogP contribution in [0.25, 0.3) is 0 Å². The van der Waals surface area contributed by atoms with Gasteiger partial charge in [0.25, 0.3) is 0 Å². The van der Waals surface area contributed by atoms with E-state index in [0.717, 1.165) is 39.0 Å². The first kappa shape index (κ1) is 10.1. The standard InChI is InChI=1S/C11H19NO2/c1-2-14-9-7-12(8-9)10-5-3-4-6-11(10)13/h9-10H,2-8H2,1H3. The highest BCUT2D eigenvalue weighted by atomic mass is 16.5. The SMILES string of the molecule is CCOC1CN(C2CCCCC2=O)C1. The molecule has 1 heterocycles. The minimum Gasteiger partial charge on any atom is -0.376 e. The van der Waals surface area contributed by atoms with Crippen molar-refractivity contribution in [1.29, 1.82) is 0 Å². The fraction of sp³-hybridized carbons (Fsp3) is 0.909. The summed E-state index contributed by atoms with van der Waals surface area (Å²) in [5.74, 6) is 0.450. The molecule has 0 aromatic rings. The van der Waals surface area contributed by atoms with Crippen LogP contribution in [0.3, 0.4) is 0 Å². The Labute approximate surface area is 85.4 Å². The molecule has 2 fully saturated rings. The molecule has 1 saturated heterocycles. The summed E-state index contributed by atoms with van der Waals surface area (Å²) >= 11 is 0. The van der Waals surface area contributed by atoms with Gasteiger partial charge in [-0.15, -0.1) is 0 Å². The van der Waals surface area contributed by atoms with E-state index >= 15 is 0 Å². The summed E-state index contributed by atoms with van der Waals surface area (Å²) in [5, 5.41) is 0. The zero-order valence-electron chi connectivity index (χ0n) is 8.87. The van der Waals surface area contributed by atoms with Gasteiger partial charge < -0.3 is 4.74 Å². The third-order valence-electron chi connectivity index (χ3n) is 3.24. The molecule has 2 rings (SSSR count). The summed E-state index contributed by atoms with van der Waals surface area (Å²) in [6, 6.07) is 0.223. The smallest absolute Gasteiger partial charge is 0.149 e. The van der Waals surface area contributed by atoms with E-state index in [1.54, 1.807) is 0 Å². The zero-order valence-corrected chi connectivity index (χ0v) is 8.87. The van der Waals surface area contributed by atoms with Gasteiger partial charge >= 0.3 is 0 Å². The third-order valence-corrected chi connectivity index (χ3v) is 3.24. The van der Waals surface area contributed by atoms with Crippen LogP contribution in [0, 0.1) is 0 Å². The van der Waals surface area contributed by atoms with E-state index in [1.807, 2.05) is 6.92 Å². The second-order valence-corrected chi connectivity index (χ2v) is 4.26. The van der Waals surface area contributed by atoms with Crippen LogP contribution in [0.5, 0.6) is 0 Å². The Morgan fingerprint density at radius 1 is 1.43 bits per heavy atom. The van der Waals surface area contributed by atoms with Crippen LogP contribution in [0.15, 0.2) is 0 Å². The topological polar surface area (TPSA) is 29.5 Å². The number of likely N-dealkylation sites (tertiary alicyclic amines) is 1. The average molecular weight is 197 g/mol. The van der Waals surface area contributed by atoms with Crippen molar-refractivity contribution in [3.63, 3.8) is 0 Å². The maximum Gasteiger partial charge on any atom is 0.149 e. The number of carbonyl (C=O) groups excluding carboxylic acids is 1. The lowest BCUT2D eigenvalue weighted by molar-refractivity contribution is -0.134. The molecule has 0 aromatic heterocycles. The first-order chi connectivity index (χ1) is 6.81. The summed E-state index contributed by atoms with van der Waals surface area (Å²) in [6.07, 6.45) is 4.55. The molecular weight excluding hydrogens is 178 g/mol. The Bertz CT molecular complexity index is 211. The van der Waals surface area contributed by atoms with Crippen molar-refractivity contribution < 1.29 is 9.53 Å². The lowest BCUT2D eigenvalue weighted by Gasteiger charge is -2.44. The van der Waals surface area contributed by atoms with Crippen LogP contribution >= 0.6 is 0 Å². The van der Waals surface area contributed by atoms with Crippen molar-refractivity contribution in [1.82, 2.24) is 4.90 Å². The van der Waals surface area contributed by atoms with Gasteiger partial charge in [-0.1, -0.05) is 6.42 Å². The molecule has 1 saturated carbocycles. The summed E-state index contributed by atoms with van der Waals surface area (Å²) < 4.78 is 5.48. The average Bonchev–Trinajstić information content (AvgIpc) is 2.12. The minimum atomic E-state index is 0.223. The first-order valence-corrected chi connectivity index (χ1v) is 5.69. The van der Waals surface area contributed by atoms with Gasteiger partial charge in [-0.3, -0.25) is 9.69 Å². The number of hydrogen-bond acceptors (Lipinski definition) is 3. The van der Waals surface area contributed by atoms with E-state index < -0.39 is 0 Å². The number of nitrogens with zero attached hydrogens (tertiary/aromatic N) is 1. The van der Waals surface area contributed by atoms with E-state index in [2.05, 4.69) is 4.90 Å². The third kappa shape index (κ3) is 1.98. The van der Waals surface area contributed by atoms with E-state index in [4.69, 9.17) is 4.74 Å². The number of ether oxygens (including phenoxy) is 1. The number of carbonyl (C=O) groups is 1. The van der Waals surface area contributed by atoms with Gasteiger partial charge in [0.15, 0.2) is 0 Å². The Hall–Kier alpha value is -0.410. The van der Waals surface area contributed by atoms with Crippen molar-refractivity contribution >= 4 is 5.78 Å². The number of hydrogen-bond donors (Lipinski definition) is 0. The summed E-state index contributed by atoms with van der Waals surface area (Å²) in [6.45, 7) is 4.74. The largest absolute Gasteiger partial charge is 0.376 e.